The summed E-state index contributed by atoms with van der Waals surface area (Å²) in [7, 11) is 0. The Hall–Kier alpha value is -0.680. The number of aliphatic hydroxyl groups excluding tert-OH is 1. The molecule has 2 saturated heterocycles. The fraction of sp³-hybridized carbons (Fsp3) is 0.647. The molecule has 2 aliphatic rings. The standard InChI is InChI=1S/C17H24ClFN2O/c18-14-9-13(10-15(19)11-14)12-20-5-1-16(2-6-20)21-7-3-17(22)4-8-21/h9-11,16-17,22H,1-8,12H2. The lowest BCUT2D eigenvalue weighted by Gasteiger charge is -2.41. The van der Waals surface area contributed by atoms with Crippen LogP contribution < -0.4 is 0 Å². The molecule has 0 aromatic heterocycles. The number of aliphatic hydroxyl groups is 1. The van der Waals surface area contributed by atoms with Crippen LogP contribution in [0.5, 0.6) is 0 Å². The van der Waals surface area contributed by atoms with E-state index < -0.39 is 0 Å². The summed E-state index contributed by atoms with van der Waals surface area (Å²) in [6.07, 6.45) is 4.01. The summed E-state index contributed by atoms with van der Waals surface area (Å²) in [5, 5.41) is 10.1. The molecule has 22 heavy (non-hydrogen) atoms. The van der Waals surface area contributed by atoms with Crippen LogP contribution in [-0.4, -0.2) is 53.2 Å². The van der Waals surface area contributed by atoms with Crippen molar-refractivity contribution in [3.05, 3.63) is 34.6 Å². The first-order chi connectivity index (χ1) is 10.6. The van der Waals surface area contributed by atoms with Gasteiger partial charge in [0.15, 0.2) is 0 Å². The van der Waals surface area contributed by atoms with Crippen LogP contribution in [0, 0.1) is 5.82 Å². The van der Waals surface area contributed by atoms with Crippen molar-refractivity contribution < 1.29 is 9.50 Å². The molecule has 3 rings (SSSR count). The van der Waals surface area contributed by atoms with Crippen molar-refractivity contribution in [1.82, 2.24) is 9.80 Å². The number of hydrogen-bond acceptors (Lipinski definition) is 3. The smallest absolute Gasteiger partial charge is 0.125 e. The third-order valence-corrected chi connectivity index (χ3v) is 5.12. The van der Waals surface area contributed by atoms with Gasteiger partial charge in [-0.05, 0) is 62.5 Å². The summed E-state index contributed by atoms with van der Waals surface area (Å²) < 4.78 is 13.4. The second-order valence-electron chi connectivity index (χ2n) is 6.55. The topological polar surface area (TPSA) is 26.7 Å². The van der Waals surface area contributed by atoms with Crippen molar-refractivity contribution in [2.45, 2.75) is 44.4 Å². The number of nitrogens with zero attached hydrogens (tertiary/aromatic N) is 2. The zero-order valence-corrected chi connectivity index (χ0v) is 13.6. The molecule has 5 heteroatoms. The molecule has 2 aliphatic heterocycles. The highest BCUT2D eigenvalue weighted by molar-refractivity contribution is 6.30. The highest BCUT2D eigenvalue weighted by atomic mass is 35.5. The van der Waals surface area contributed by atoms with Gasteiger partial charge in [-0.15, -0.1) is 0 Å². The molecule has 1 aromatic carbocycles. The van der Waals surface area contributed by atoms with E-state index in [1.807, 2.05) is 6.07 Å². The van der Waals surface area contributed by atoms with Crippen molar-refractivity contribution in [2.75, 3.05) is 26.2 Å². The van der Waals surface area contributed by atoms with Crippen LogP contribution in [0.15, 0.2) is 18.2 Å². The molecule has 2 heterocycles. The van der Waals surface area contributed by atoms with Crippen LogP contribution in [-0.2, 0) is 6.54 Å². The molecule has 0 atom stereocenters. The number of benzene rings is 1. The molecular formula is C17H24ClFN2O. The predicted molar refractivity (Wildman–Crippen MR) is 86.5 cm³/mol. The largest absolute Gasteiger partial charge is 0.393 e. The molecule has 0 radical (unpaired) electrons. The van der Waals surface area contributed by atoms with Crippen molar-refractivity contribution >= 4 is 11.6 Å². The number of likely N-dealkylation sites (tertiary alicyclic amines) is 2. The summed E-state index contributed by atoms with van der Waals surface area (Å²) in [4.78, 5) is 4.91. The third kappa shape index (κ3) is 4.19. The van der Waals surface area contributed by atoms with Gasteiger partial charge in [-0.3, -0.25) is 4.90 Å². The van der Waals surface area contributed by atoms with Crippen molar-refractivity contribution in [3.63, 3.8) is 0 Å². The number of piperidine rings is 2. The van der Waals surface area contributed by atoms with Gasteiger partial charge in [0.2, 0.25) is 0 Å². The van der Waals surface area contributed by atoms with Gasteiger partial charge in [-0.2, -0.15) is 0 Å². The SMILES string of the molecule is OC1CCN(C2CCN(Cc3cc(F)cc(Cl)c3)CC2)CC1. The molecule has 122 valence electrons. The van der Waals surface area contributed by atoms with Gasteiger partial charge in [0, 0.05) is 30.7 Å². The molecule has 3 nitrogen and oxygen atoms in total. The summed E-state index contributed by atoms with van der Waals surface area (Å²) >= 11 is 5.92. The van der Waals surface area contributed by atoms with Gasteiger partial charge in [0.25, 0.3) is 0 Å². The lowest BCUT2D eigenvalue weighted by molar-refractivity contribution is 0.0375. The zero-order valence-electron chi connectivity index (χ0n) is 12.8. The maximum atomic E-state index is 13.4. The van der Waals surface area contributed by atoms with E-state index in [0.717, 1.165) is 64.0 Å². The number of halogens is 2. The van der Waals surface area contributed by atoms with E-state index in [2.05, 4.69) is 9.80 Å². The molecule has 0 bridgehead atoms. The Labute approximate surface area is 136 Å². The monoisotopic (exact) mass is 326 g/mol. The average molecular weight is 327 g/mol. The summed E-state index contributed by atoms with van der Waals surface area (Å²) in [6, 6.07) is 5.41. The van der Waals surface area contributed by atoms with E-state index in [-0.39, 0.29) is 11.9 Å². The second kappa shape index (κ2) is 7.26. The fourth-order valence-corrected chi connectivity index (χ4v) is 3.90. The van der Waals surface area contributed by atoms with E-state index in [4.69, 9.17) is 11.6 Å². The minimum absolute atomic E-state index is 0.103. The fourth-order valence-electron chi connectivity index (χ4n) is 3.65. The second-order valence-corrected chi connectivity index (χ2v) is 6.99. The summed E-state index contributed by atoms with van der Waals surface area (Å²) in [5.74, 6) is -0.260. The van der Waals surface area contributed by atoms with E-state index in [1.54, 1.807) is 6.07 Å². The van der Waals surface area contributed by atoms with Crippen molar-refractivity contribution in [1.29, 1.82) is 0 Å². The first kappa shape index (κ1) is 16.2. The molecule has 0 spiro atoms. The molecule has 0 amide bonds. The minimum atomic E-state index is -0.260. The van der Waals surface area contributed by atoms with Gasteiger partial charge < -0.3 is 10.0 Å². The van der Waals surface area contributed by atoms with Crippen LogP contribution >= 0.6 is 11.6 Å². The lowest BCUT2D eigenvalue weighted by atomic mass is 9.98. The third-order valence-electron chi connectivity index (χ3n) is 4.90. The Balaban J connectivity index is 1.49. The number of rotatable bonds is 3. The molecule has 0 saturated carbocycles. The normalized spacial score (nSPS) is 23.0. The van der Waals surface area contributed by atoms with Gasteiger partial charge in [0.05, 0.1) is 6.10 Å². The Morgan fingerprint density at radius 1 is 1.05 bits per heavy atom. The van der Waals surface area contributed by atoms with Gasteiger partial charge in [0.1, 0.15) is 5.82 Å². The molecule has 2 fully saturated rings. The molecule has 1 N–H and O–H groups in total. The lowest BCUT2D eigenvalue weighted by Crippen LogP contribution is -2.48. The van der Waals surface area contributed by atoms with E-state index in [1.165, 1.54) is 6.07 Å². The van der Waals surface area contributed by atoms with Crippen LogP contribution in [0.2, 0.25) is 5.02 Å². The summed E-state index contributed by atoms with van der Waals surface area (Å²) in [5.41, 5.74) is 0.949. The van der Waals surface area contributed by atoms with E-state index in [0.29, 0.717) is 11.1 Å². The van der Waals surface area contributed by atoms with Gasteiger partial charge in [-0.1, -0.05) is 11.6 Å². The molecule has 0 aliphatic carbocycles. The summed E-state index contributed by atoms with van der Waals surface area (Å²) in [6.45, 7) is 4.88. The first-order valence-corrected chi connectivity index (χ1v) is 8.57. The maximum Gasteiger partial charge on any atom is 0.125 e. The number of hydrogen-bond donors (Lipinski definition) is 1. The van der Waals surface area contributed by atoms with Crippen LogP contribution in [0.1, 0.15) is 31.2 Å². The van der Waals surface area contributed by atoms with Crippen LogP contribution in [0.25, 0.3) is 0 Å². The molecule has 0 unspecified atom stereocenters. The Morgan fingerprint density at radius 2 is 1.73 bits per heavy atom. The zero-order chi connectivity index (χ0) is 15.5. The van der Waals surface area contributed by atoms with Crippen molar-refractivity contribution in [3.8, 4) is 0 Å². The van der Waals surface area contributed by atoms with Crippen LogP contribution in [0.3, 0.4) is 0 Å². The highest BCUT2D eigenvalue weighted by Crippen LogP contribution is 2.23. The first-order valence-electron chi connectivity index (χ1n) is 8.19. The van der Waals surface area contributed by atoms with E-state index >= 15 is 0 Å². The molecule has 1 aromatic rings. The quantitative estimate of drug-likeness (QED) is 0.925. The average Bonchev–Trinajstić information content (AvgIpc) is 2.48. The Kier molecular flexibility index (Phi) is 5.34. The highest BCUT2D eigenvalue weighted by Gasteiger charge is 2.27. The van der Waals surface area contributed by atoms with Gasteiger partial charge >= 0.3 is 0 Å². The van der Waals surface area contributed by atoms with Crippen molar-refractivity contribution in [2.24, 2.45) is 0 Å². The Bertz CT molecular complexity index is 477. The van der Waals surface area contributed by atoms with Gasteiger partial charge in [-0.25, -0.2) is 4.39 Å². The minimum Gasteiger partial charge on any atom is -0.393 e. The van der Waals surface area contributed by atoms with Crippen LogP contribution in [0.4, 0.5) is 4.39 Å². The Morgan fingerprint density at radius 3 is 2.36 bits per heavy atom. The molecular weight excluding hydrogens is 303 g/mol. The van der Waals surface area contributed by atoms with E-state index in [9.17, 15) is 9.50 Å². The maximum absolute atomic E-state index is 13.4. The predicted octanol–water partition coefficient (Wildman–Crippen LogP) is 2.90.